The van der Waals surface area contributed by atoms with Crippen LogP contribution in [0.1, 0.15) is 12.8 Å². The highest BCUT2D eigenvalue weighted by atomic mass is 16.2. The minimum absolute atomic E-state index is 0.120. The molecule has 0 fully saturated rings. The fourth-order valence-corrected chi connectivity index (χ4v) is 1.32. The summed E-state index contributed by atoms with van der Waals surface area (Å²) in [5.41, 5.74) is 0. The van der Waals surface area contributed by atoms with Crippen molar-refractivity contribution >= 4 is 5.91 Å². The van der Waals surface area contributed by atoms with E-state index in [9.17, 15) is 4.79 Å². The van der Waals surface area contributed by atoms with Gasteiger partial charge in [-0.1, -0.05) is 0 Å². The highest BCUT2D eigenvalue weighted by molar-refractivity contribution is 5.77. The average molecular weight is 224 g/mol. The van der Waals surface area contributed by atoms with Gasteiger partial charge in [0.05, 0.1) is 12.9 Å². The number of aromatic nitrogens is 2. The lowest BCUT2D eigenvalue weighted by atomic mass is 10.3. The molecule has 1 heterocycles. The Morgan fingerprint density at radius 1 is 1.44 bits per heavy atom. The Bertz CT molecular complexity index is 295. The number of carbonyl (C=O) groups is 1. The van der Waals surface area contributed by atoms with Crippen LogP contribution in [0, 0.1) is 0 Å². The summed E-state index contributed by atoms with van der Waals surface area (Å²) in [5.74, 6) is 0.120. The summed E-state index contributed by atoms with van der Waals surface area (Å²) in [6, 6.07) is 0. The van der Waals surface area contributed by atoms with Gasteiger partial charge in [-0.2, -0.15) is 0 Å². The van der Waals surface area contributed by atoms with Gasteiger partial charge in [-0.25, -0.2) is 4.98 Å². The molecule has 0 unspecified atom stereocenters. The van der Waals surface area contributed by atoms with E-state index in [-0.39, 0.29) is 5.91 Å². The molecule has 0 saturated heterocycles. The largest absolute Gasteiger partial charge is 0.348 e. The molecule has 0 aliphatic rings. The van der Waals surface area contributed by atoms with Crippen LogP contribution in [-0.2, 0) is 11.3 Å². The van der Waals surface area contributed by atoms with Gasteiger partial charge < -0.3 is 14.8 Å². The first-order chi connectivity index (χ1) is 7.70. The van der Waals surface area contributed by atoms with Gasteiger partial charge >= 0.3 is 0 Å². The summed E-state index contributed by atoms with van der Waals surface area (Å²) in [5, 5.41) is 3.13. The lowest BCUT2D eigenvalue weighted by Gasteiger charge is -2.10. The number of amides is 1. The molecule has 0 radical (unpaired) electrons. The van der Waals surface area contributed by atoms with E-state index in [4.69, 9.17) is 0 Å². The molecule has 0 aliphatic heterocycles. The van der Waals surface area contributed by atoms with E-state index in [0.717, 1.165) is 25.9 Å². The Balaban J connectivity index is 1.94. The molecule has 0 atom stereocenters. The van der Waals surface area contributed by atoms with Crippen molar-refractivity contribution in [2.75, 3.05) is 27.2 Å². The van der Waals surface area contributed by atoms with Gasteiger partial charge in [0.25, 0.3) is 0 Å². The second-order valence-corrected chi connectivity index (χ2v) is 3.97. The molecule has 16 heavy (non-hydrogen) atoms. The van der Waals surface area contributed by atoms with Gasteiger partial charge in [-0.15, -0.1) is 0 Å². The standard InChI is InChI=1S/C11H20N4O/c1-14(2)11(16)9-12-5-3-4-7-15-8-6-13-10-15/h6,8,10,12H,3-5,7,9H2,1-2H3. The lowest BCUT2D eigenvalue weighted by molar-refractivity contribution is -0.127. The van der Waals surface area contributed by atoms with Gasteiger partial charge in [-0.05, 0) is 19.4 Å². The zero-order valence-electron chi connectivity index (χ0n) is 10.0. The molecule has 1 rings (SSSR count). The van der Waals surface area contributed by atoms with Crippen molar-refractivity contribution in [2.24, 2.45) is 0 Å². The van der Waals surface area contributed by atoms with Crippen LogP contribution in [0.15, 0.2) is 18.7 Å². The topological polar surface area (TPSA) is 50.2 Å². The first-order valence-corrected chi connectivity index (χ1v) is 5.57. The third kappa shape index (κ3) is 4.93. The molecule has 0 spiro atoms. The smallest absolute Gasteiger partial charge is 0.236 e. The molecule has 1 N–H and O–H groups in total. The van der Waals surface area contributed by atoms with Crippen molar-refractivity contribution in [3.63, 3.8) is 0 Å². The number of unbranched alkanes of at least 4 members (excludes halogenated alkanes) is 1. The maximum Gasteiger partial charge on any atom is 0.236 e. The second kappa shape index (κ2) is 7.00. The van der Waals surface area contributed by atoms with Gasteiger partial charge in [0.15, 0.2) is 0 Å². The van der Waals surface area contributed by atoms with Crippen LogP contribution in [0.25, 0.3) is 0 Å². The summed E-state index contributed by atoms with van der Waals surface area (Å²) < 4.78 is 2.06. The lowest BCUT2D eigenvalue weighted by Crippen LogP contribution is -2.33. The summed E-state index contributed by atoms with van der Waals surface area (Å²) in [6.45, 7) is 2.30. The monoisotopic (exact) mass is 224 g/mol. The third-order valence-electron chi connectivity index (χ3n) is 2.35. The fourth-order valence-electron chi connectivity index (χ4n) is 1.32. The highest BCUT2D eigenvalue weighted by Crippen LogP contribution is 1.93. The number of rotatable bonds is 7. The van der Waals surface area contributed by atoms with Gasteiger partial charge in [0.1, 0.15) is 0 Å². The van der Waals surface area contributed by atoms with E-state index in [1.807, 2.05) is 12.5 Å². The number of likely N-dealkylation sites (N-methyl/N-ethyl adjacent to an activating group) is 1. The van der Waals surface area contributed by atoms with E-state index >= 15 is 0 Å². The molecule has 1 aromatic heterocycles. The minimum Gasteiger partial charge on any atom is -0.348 e. The third-order valence-corrected chi connectivity index (χ3v) is 2.35. The molecule has 90 valence electrons. The maximum atomic E-state index is 11.2. The number of hydrogen-bond donors (Lipinski definition) is 1. The maximum absolute atomic E-state index is 11.2. The molecular formula is C11H20N4O. The van der Waals surface area contributed by atoms with Gasteiger partial charge in [-0.3, -0.25) is 4.79 Å². The first-order valence-electron chi connectivity index (χ1n) is 5.57. The Morgan fingerprint density at radius 3 is 2.88 bits per heavy atom. The molecule has 5 heteroatoms. The zero-order valence-corrected chi connectivity index (χ0v) is 10.0. The van der Waals surface area contributed by atoms with Crippen molar-refractivity contribution in [1.29, 1.82) is 0 Å². The zero-order chi connectivity index (χ0) is 11.8. The molecular weight excluding hydrogens is 204 g/mol. The van der Waals surface area contributed by atoms with Gasteiger partial charge in [0, 0.05) is 33.0 Å². The number of nitrogens with one attached hydrogen (secondary N) is 1. The molecule has 0 aliphatic carbocycles. The Kier molecular flexibility index (Phi) is 5.56. The van der Waals surface area contributed by atoms with Crippen LogP contribution in [0.5, 0.6) is 0 Å². The summed E-state index contributed by atoms with van der Waals surface area (Å²) >= 11 is 0. The Morgan fingerprint density at radius 2 is 2.25 bits per heavy atom. The Labute approximate surface area is 96.5 Å². The van der Waals surface area contributed by atoms with Crippen molar-refractivity contribution in [2.45, 2.75) is 19.4 Å². The molecule has 1 amide bonds. The van der Waals surface area contributed by atoms with Crippen LogP contribution < -0.4 is 5.32 Å². The average Bonchev–Trinajstić information content (AvgIpc) is 2.75. The summed E-state index contributed by atoms with van der Waals surface area (Å²) in [7, 11) is 3.53. The van der Waals surface area contributed by atoms with Gasteiger partial charge in [0.2, 0.25) is 5.91 Å². The molecule has 0 aromatic carbocycles. The normalized spacial score (nSPS) is 10.4. The quantitative estimate of drug-likeness (QED) is 0.680. The van der Waals surface area contributed by atoms with E-state index in [1.165, 1.54) is 0 Å². The van der Waals surface area contributed by atoms with Crippen LogP contribution in [0.4, 0.5) is 0 Å². The summed E-state index contributed by atoms with van der Waals surface area (Å²) in [6.07, 6.45) is 7.73. The van der Waals surface area contributed by atoms with E-state index < -0.39 is 0 Å². The molecule has 0 saturated carbocycles. The fraction of sp³-hybridized carbons (Fsp3) is 0.636. The van der Waals surface area contributed by atoms with Crippen LogP contribution in [-0.4, -0.2) is 47.5 Å². The highest BCUT2D eigenvalue weighted by Gasteiger charge is 2.01. The van der Waals surface area contributed by atoms with Crippen molar-refractivity contribution in [3.05, 3.63) is 18.7 Å². The predicted octanol–water partition coefficient (Wildman–Crippen LogP) is 0.341. The predicted molar refractivity (Wildman–Crippen MR) is 63.0 cm³/mol. The number of hydrogen-bond acceptors (Lipinski definition) is 3. The van der Waals surface area contributed by atoms with E-state index in [0.29, 0.717) is 6.54 Å². The van der Waals surface area contributed by atoms with E-state index in [2.05, 4.69) is 14.9 Å². The second-order valence-electron chi connectivity index (χ2n) is 3.97. The molecule has 1 aromatic rings. The minimum atomic E-state index is 0.120. The van der Waals surface area contributed by atoms with Crippen molar-refractivity contribution in [1.82, 2.24) is 19.8 Å². The number of imidazole rings is 1. The molecule has 0 bridgehead atoms. The number of nitrogens with zero attached hydrogens (tertiary/aromatic N) is 3. The number of aryl methyl sites for hydroxylation is 1. The van der Waals surface area contributed by atoms with Crippen molar-refractivity contribution in [3.8, 4) is 0 Å². The van der Waals surface area contributed by atoms with Crippen molar-refractivity contribution < 1.29 is 4.79 Å². The number of carbonyl (C=O) groups excluding carboxylic acids is 1. The van der Waals surface area contributed by atoms with Crippen LogP contribution >= 0.6 is 0 Å². The SMILES string of the molecule is CN(C)C(=O)CNCCCCn1ccnc1. The first kappa shape index (κ1) is 12.7. The molecule has 5 nitrogen and oxygen atoms in total. The van der Waals surface area contributed by atoms with E-state index in [1.54, 1.807) is 25.2 Å². The Hall–Kier alpha value is -1.36. The van der Waals surface area contributed by atoms with Crippen LogP contribution in [0.2, 0.25) is 0 Å². The summed E-state index contributed by atoms with van der Waals surface area (Å²) in [4.78, 5) is 16.8. The van der Waals surface area contributed by atoms with Crippen LogP contribution in [0.3, 0.4) is 0 Å².